The number of amides is 2. The van der Waals surface area contributed by atoms with Gasteiger partial charge in [-0.3, -0.25) is 9.59 Å². The lowest BCUT2D eigenvalue weighted by Gasteiger charge is -2.36. The molecule has 1 saturated heterocycles. The topological polar surface area (TPSA) is 40.6 Å². The van der Waals surface area contributed by atoms with Crippen molar-refractivity contribution in [2.24, 2.45) is 5.92 Å². The molecule has 1 fully saturated rings. The second kappa shape index (κ2) is 7.04. The molecule has 2 aromatic rings. The number of benzene rings is 2. The molecular weight excluding hydrogens is 300 g/mol. The highest BCUT2D eigenvalue weighted by Crippen LogP contribution is 2.21. The van der Waals surface area contributed by atoms with Crippen LogP contribution in [0.25, 0.3) is 10.8 Å². The van der Waals surface area contributed by atoms with E-state index in [0.717, 1.165) is 22.8 Å². The Labute approximate surface area is 143 Å². The van der Waals surface area contributed by atoms with Crippen molar-refractivity contribution in [3.05, 3.63) is 48.0 Å². The van der Waals surface area contributed by atoms with Crippen molar-refractivity contribution < 1.29 is 9.59 Å². The van der Waals surface area contributed by atoms with E-state index in [4.69, 9.17) is 0 Å². The van der Waals surface area contributed by atoms with E-state index in [1.54, 1.807) is 0 Å². The molecule has 3 rings (SSSR count). The molecule has 1 aliphatic heterocycles. The summed E-state index contributed by atoms with van der Waals surface area (Å²) in [6, 6.07) is 13.8. The van der Waals surface area contributed by atoms with E-state index >= 15 is 0 Å². The predicted molar refractivity (Wildman–Crippen MR) is 95.9 cm³/mol. The molecule has 1 atom stereocenters. The molecule has 0 bridgehead atoms. The van der Waals surface area contributed by atoms with E-state index in [-0.39, 0.29) is 17.7 Å². The molecule has 4 nitrogen and oxygen atoms in total. The van der Waals surface area contributed by atoms with Crippen molar-refractivity contribution in [1.82, 2.24) is 9.80 Å². The van der Waals surface area contributed by atoms with Crippen molar-refractivity contribution in [2.45, 2.75) is 20.3 Å². The average Bonchev–Trinajstić information content (AvgIpc) is 2.66. The summed E-state index contributed by atoms with van der Waals surface area (Å²) in [7, 11) is 0. The zero-order valence-corrected chi connectivity index (χ0v) is 14.4. The summed E-state index contributed by atoms with van der Waals surface area (Å²) in [6.07, 6.45) is 0.855. The number of piperazine rings is 1. The summed E-state index contributed by atoms with van der Waals surface area (Å²) < 4.78 is 0. The molecule has 0 N–H and O–H groups in total. The van der Waals surface area contributed by atoms with Crippen molar-refractivity contribution >= 4 is 22.6 Å². The normalized spacial score (nSPS) is 16.2. The molecule has 0 aromatic heterocycles. The standard InChI is InChI=1S/C20H24N2O2/c1-3-15(2)19(23)21-11-13-22(14-12-21)20(24)18-10-6-8-16-7-4-5-9-17(16)18/h4-10,15H,3,11-14H2,1-2H3/t15-/m0/s1. The Morgan fingerprint density at radius 3 is 2.29 bits per heavy atom. The Kier molecular flexibility index (Phi) is 4.84. The fourth-order valence-electron chi connectivity index (χ4n) is 3.20. The Bertz CT molecular complexity index is 743. The van der Waals surface area contributed by atoms with Crippen molar-refractivity contribution in [1.29, 1.82) is 0 Å². The Morgan fingerprint density at radius 1 is 0.958 bits per heavy atom. The highest BCUT2D eigenvalue weighted by atomic mass is 16.2. The number of nitrogens with zero attached hydrogens (tertiary/aromatic N) is 2. The van der Waals surface area contributed by atoms with Crippen LogP contribution in [0.4, 0.5) is 0 Å². The molecule has 126 valence electrons. The first-order chi connectivity index (χ1) is 11.6. The molecule has 2 amide bonds. The number of rotatable bonds is 3. The van der Waals surface area contributed by atoms with Crippen LogP contribution in [0.3, 0.4) is 0 Å². The van der Waals surface area contributed by atoms with Crippen molar-refractivity contribution in [2.75, 3.05) is 26.2 Å². The van der Waals surface area contributed by atoms with Gasteiger partial charge in [0, 0.05) is 37.7 Å². The van der Waals surface area contributed by atoms with Gasteiger partial charge in [0.05, 0.1) is 0 Å². The zero-order valence-electron chi connectivity index (χ0n) is 14.4. The molecule has 1 heterocycles. The van der Waals surface area contributed by atoms with Crippen LogP contribution in [0.1, 0.15) is 30.6 Å². The smallest absolute Gasteiger partial charge is 0.254 e. The lowest BCUT2D eigenvalue weighted by Crippen LogP contribution is -2.51. The summed E-state index contributed by atoms with van der Waals surface area (Å²) in [6.45, 7) is 6.45. The number of hydrogen-bond acceptors (Lipinski definition) is 2. The van der Waals surface area contributed by atoms with Gasteiger partial charge in [0.15, 0.2) is 0 Å². The van der Waals surface area contributed by atoms with E-state index in [1.807, 2.05) is 66.1 Å². The highest BCUT2D eigenvalue weighted by Gasteiger charge is 2.27. The minimum absolute atomic E-state index is 0.0578. The van der Waals surface area contributed by atoms with Gasteiger partial charge in [-0.25, -0.2) is 0 Å². The third-order valence-corrected chi connectivity index (χ3v) is 4.93. The van der Waals surface area contributed by atoms with Gasteiger partial charge in [-0.1, -0.05) is 50.2 Å². The monoisotopic (exact) mass is 324 g/mol. The Morgan fingerprint density at radius 2 is 1.58 bits per heavy atom. The van der Waals surface area contributed by atoms with Gasteiger partial charge < -0.3 is 9.80 Å². The highest BCUT2D eigenvalue weighted by molar-refractivity contribution is 6.07. The van der Waals surface area contributed by atoms with Crippen LogP contribution >= 0.6 is 0 Å². The van der Waals surface area contributed by atoms with E-state index in [2.05, 4.69) is 0 Å². The number of carbonyl (C=O) groups excluding carboxylic acids is 2. The van der Waals surface area contributed by atoms with E-state index in [0.29, 0.717) is 26.2 Å². The van der Waals surface area contributed by atoms with Crippen molar-refractivity contribution in [3.63, 3.8) is 0 Å². The summed E-state index contributed by atoms with van der Waals surface area (Å²) in [5.74, 6) is 0.322. The predicted octanol–water partition coefficient (Wildman–Crippen LogP) is 3.17. The van der Waals surface area contributed by atoms with E-state index < -0.39 is 0 Å². The molecule has 0 saturated carbocycles. The largest absolute Gasteiger partial charge is 0.339 e. The number of hydrogen-bond donors (Lipinski definition) is 0. The van der Waals surface area contributed by atoms with Crippen LogP contribution in [-0.4, -0.2) is 47.8 Å². The fraction of sp³-hybridized carbons (Fsp3) is 0.400. The minimum atomic E-state index is 0.0578. The molecule has 2 aromatic carbocycles. The zero-order chi connectivity index (χ0) is 17.1. The number of carbonyl (C=O) groups is 2. The van der Waals surface area contributed by atoms with Crippen LogP contribution in [0, 0.1) is 5.92 Å². The van der Waals surface area contributed by atoms with Crippen LogP contribution in [0.5, 0.6) is 0 Å². The molecule has 0 aliphatic carbocycles. The van der Waals surface area contributed by atoms with Gasteiger partial charge in [-0.2, -0.15) is 0 Å². The van der Waals surface area contributed by atoms with Gasteiger partial charge in [-0.15, -0.1) is 0 Å². The minimum Gasteiger partial charge on any atom is -0.339 e. The molecule has 0 spiro atoms. The third-order valence-electron chi connectivity index (χ3n) is 4.93. The molecule has 0 radical (unpaired) electrons. The Balaban J connectivity index is 1.72. The molecule has 0 unspecified atom stereocenters. The van der Waals surface area contributed by atoms with Crippen LogP contribution < -0.4 is 0 Å². The molecular formula is C20H24N2O2. The maximum Gasteiger partial charge on any atom is 0.254 e. The summed E-state index contributed by atoms with van der Waals surface area (Å²) in [4.78, 5) is 28.9. The van der Waals surface area contributed by atoms with Gasteiger partial charge in [-0.05, 0) is 23.3 Å². The third kappa shape index (κ3) is 3.14. The SMILES string of the molecule is CC[C@H](C)C(=O)N1CCN(C(=O)c2cccc3ccccc23)CC1. The first kappa shape index (κ1) is 16.5. The average molecular weight is 324 g/mol. The quantitative estimate of drug-likeness (QED) is 0.870. The fourth-order valence-corrected chi connectivity index (χ4v) is 3.20. The first-order valence-corrected chi connectivity index (χ1v) is 8.67. The maximum absolute atomic E-state index is 12.9. The van der Waals surface area contributed by atoms with E-state index in [9.17, 15) is 9.59 Å². The molecule has 24 heavy (non-hydrogen) atoms. The molecule has 4 heteroatoms. The van der Waals surface area contributed by atoms with Gasteiger partial charge in [0.2, 0.25) is 5.91 Å². The number of fused-ring (bicyclic) bond motifs is 1. The van der Waals surface area contributed by atoms with Gasteiger partial charge in [0.1, 0.15) is 0 Å². The van der Waals surface area contributed by atoms with Gasteiger partial charge >= 0.3 is 0 Å². The Hall–Kier alpha value is -2.36. The first-order valence-electron chi connectivity index (χ1n) is 8.67. The second-order valence-electron chi connectivity index (χ2n) is 6.45. The lowest BCUT2D eigenvalue weighted by molar-refractivity contribution is -0.136. The van der Waals surface area contributed by atoms with Gasteiger partial charge in [0.25, 0.3) is 5.91 Å². The van der Waals surface area contributed by atoms with E-state index in [1.165, 1.54) is 0 Å². The summed E-state index contributed by atoms with van der Waals surface area (Å²) in [5.41, 5.74) is 0.745. The summed E-state index contributed by atoms with van der Waals surface area (Å²) >= 11 is 0. The maximum atomic E-state index is 12.9. The summed E-state index contributed by atoms with van der Waals surface area (Å²) in [5, 5.41) is 2.07. The van der Waals surface area contributed by atoms with Crippen LogP contribution in [0.2, 0.25) is 0 Å². The molecule has 1 aliphatic rings. The lowest BCUT2D eigenvalue weighted by atomic mass is 10.0. The van der Waals surface area contributed by atoms with Crippen molar-refractivity contribution in [3.8, 4) is 0 Å². The van der Waals surface area contributed by atoms with Crippen LogP contribution in [-0.2, 0) is 4.79 Å². The van der Waals surface area contributed by atoms with Crippen LogP contribution in [0.15, 0.2) is 42.5 Å². The second-order valence-corrected chi connectivity index (χ2v) is 6.45.